The summed E-state index contributed by atoms with van der Waals surface area (Å²) < 4.78 is 0. The topological polar surface area (TPSA) is 239 Å². The van der Waals surface area contributed by atoms with Gasteiger partial charge in [0.15, 0.2) is 11.5 Å². The normalized spacial score (nSPS) is 12.2. The Hall–Kier alpha value is -3.46. The number of imidazole rings is 1. The first-order chi connectivity index (χ1) is 14.1. The third-order valence-electron chi connectivity index (χ3n) is 3.50. The number of rotatable bonds is 9. The lowest BCUT2D eigenvalue weighted by Crippen LogP contribution is -2.49. The number of nitrogens with two attached hydrogens (primary N) is 2. The molecule has 0 aliphatic rings. The number of amides is 2. The Labute approximate surface area is 175 Å². The van der Waals surface area contributed by atoms with Crippen LogP contribution in [-0.4, -0.2) is 78.3 Å². The molecule has 0 aliphatic heterocycles. The second-order valence-corrected chi connectivity index (χ2v) is 6.12. The van der Waals surface area contributed by atoms with Gasteiger partial charge in [-0.3, -0.25) is 19.2 Å². The summed E-state index contributed by atoms with van der Waals surface area (Å²) in [5, 5.41) is 21.4. The summed E-state index contributed by atoms with van der Waals surface area (Å²) in [5.74, 6) is -3.27. The Morgan fingerprint density at radius 1 is 1.20 bits per heavy atom. The average Bonchev–Trinajstić information content (AvgIpc) is 3.19. The number of thiol groups is 1. The fourth-order valence-corrected chi connectivity index (χ4v) is 2.20. The number of anilines is 1. The quantitative estimate of drug-likeness (QED) is 0.192. The summed E-state index contributed by atoms with van der Waals surface area (Å²) in [5.41, 5.74) is 12.0. The van der Waals surface area contributed by atoms with E-state index in [1.54, 1.807) is 0 Å². The maximum atomic E-state index is 11.5. The molecule has 2 heterocycles. The van der Waals surface area contributed by atoms with Crippen LogP contribution in [0.1, 0.15) is 12.8 Å². The molecule has 14 nitrogen and oxygen atoms in total. The van der Waals surface area contributed by atoms with E-state index in [2.05, 4.69) is 43.2 Å². The van der Waals surface area contributed by atoms with E-state index in [1.807, 2.05) is 0 Å². The highest BCUT2D eigenvalue weighted by molar-refractivity contribution is 7.80. The van der Waals surface area contributed by atoms with Crippen LogP contribution in [0.5, 0.6) is 0 Å². The highest BCUT2D eigenvalue weighted by Gasteiger charge is 2.20. The highest BCUT2D eigenvalue weighted by atomic mass is 32.1. The lowest BCUT2D eigenvalue weighted by atomic mass is 10.1. The van der Waals surface area contributed by atoms with Crippen LogP contribution in [0.3, 0.4) is 0 Å². The molecular weight excluding hydrogens is 420 g/mol. The van der Waals surface area contributed by atoms with Crippen LogP contribution >= 0.6 is 12.6 Å². The van der Waals surface area contributed by atoms with Crippen molar-refractivity contribution >= 4 is 53.4 Å². The van der Waals surface area contributed by atoms with Gasteiger partial charge in [0.05, 0.1) is 6.33 Å². The van der Waals surface area contributed by atoms with Crippen LogP contribution in [0.4, 0.5) is 5.82 Å². The molecule has 0 aromatic carbocycles. The standard InChI is InChI=1S/C10H17N3O6S.C5H5N5/c11-5(10(18)19)1-2-7(14)13-6(4-20)9(17)12-3-8(15)16;6-4-3-5(9-1-7-3)10-2-8-4/h5-6,20H,1-4,11H2,(H,12,17)(H,13,14)(H,15,16)(H,18,19);1-2H,(H3,6,7,8,9,10). The minimum absolute atomic E-state index is 0.0256. The Morgan fingerprint density at radius 2 is 1.90 bits per heavy atom. The van der Waals surface area contributed by atoms with E-state index in [1.165, 1.54) is 12.7 Å². The van der Waals surface area contributed by atoms with E-state index in [0.717, 1.165) is 0 Å². The van der Waals surface area contributed by atoms with Gasteiger partial charge in [0.25, 0.3) is 0 Å². The number of aromatic nitrogens is 4. The van der Waals surface area contributed by atoms with Gasteiger partial charge in [0.2, 0.25) is 11.8 Å². The summed E-state index contributed by atoms with van der Waals surface area (Å²) in [4.78, 5) is 58.1. The zero-order chi connectivity index (χ0) is 22.7. The van der Waals surface area contributed by atoms with Crippen molar-refractivity contribution < 1.29 is 29.4 Å². The molecule has 0 fully saturated rings. The molecule has 30 heavy (non-hydrogen) atoms. The van der Waals surface area contributed by atoms with Gasteiger partial charge in [-0.2, -0.15) is 12.6 Å². The molecule has 0 spiro atoms. The van der Waals surface area contributed by atoms with E-state index in [-0.39, 0.29) is 18.6 Å². The van der Waals surface area contributed by atoms with Crippen LogP contribution in [0.2, 0.25) is 0 Å². The second-order valence-electron chi connectivity index (χ2n) is 5.76. The first kappa shape index (κ1) is 24.6. The van der Waals surface area contributed by atoms with Crippen molar-refractivity contribution in [2.45, 2.75) is 24.9 Å². The Morgan fingerprint density at radius 3 is 2.47 bits per heavy atom. The van der Waals surface area contributed by atoms with Crippen LogP contribution in [0, 0.1) is 0 Å². The van der Waals surface area contributed by atoms with Gasteiger partial charge in [0.1, 0.15) is 30.5 Å². The maximum Gasteiger partial charge on any atom is 0.322 e. The number of nitrogens with zero attached hydrogens (tertiary/aromatic N) is 3. The third kappa shape index (κ3) is 8.27. The van der Waals surface area contributed by atoms with Crippen molar-refractivity contribution in [3.8, 4) is 0 Å². The molecular formula is C15H22N8O6S. The van der Waals surface area contributed by atoms with Gasteiger partial charge in [-0.05, 0) is 6.42 Å². The number of hydrogen-bond donors (Lipinski definition) is 8. The molecule has 164 valence electrons. The second kappa shape index (κ2) is 12.2. The van der Waals surface area contributed by atoms with E-state index < -0.39 is 42.4 Å². The number of nitrogens with one attached hydrogen (secondary N) is 3. The predicted octanol–water partition coefficient (Wildman–Crippen LogP) is -2.27. The lowest BCUT2D eigenvalue weighted by molar-refractivity contribution is -0.139. The number of nitrogen functional groups attached to an aromatic ring is 1. The van der Waals surface area contributed by atoms with Gasteiger partial charge in [-0.25, -0.2) is 15.0 Å². The molecule has 0 saturated carbocycles. The number of aromatic amines is 1. The SMILES string of the molecule is NC(CCC(=O)NC(CS)C(=O)NCC(=O)O)C(=O)O.Nc1ncnc2nc[nH]c12. The first-order valence-corrected chi connectivity index (χ1v) is 9.06. The van der Waals surface area contributed by atoms with Crippen molar-refractivity contribution in [1.29, 1.82) is 0 Å². The Bertz CT molecular complexity index is 891. The van der Waals surface area contributed by atoms with E-state index >= 15 is 0 Å². The summed E-state index contributed by atoms with van der Waals surface area (Å²) in [6.45, 7) is -0.567. The van der Waals surface area contributed by atoms with Crippen molar-refractivity contribution in [3.05, 3.63) is 12.7 Å². The van der Waals surface area contributed by atoms with Crippen LogP contribution in [-0.2, 0) is 19.2 Å². The van der Waals surface area contributed by atoms with Crippen LogP contribution < -0.4 is 22.1 Å². The fraction of sp³-hybridized carbons (Fsp3) is 0.400. The van der Waals surface area contributed by atoms with Crippen molar-refractivity contribution in [3.63, 3.8) is 0 Å². The number of fused-ring (bicyclic) bond motifs is 1. The molecule has 15 heteroatoms. The first-order valence-electron chi connectivity index (χ1n) is 8.43. The molecule has 2 aromatic rings. The van der Waals surface area contributed by atoms with Crippen molar-refractivity contribution in [2.24, 2.45) is 5.73 Å². The Kier molecular flexibility index (Phi) is 9.98. The zero-order valence-electron chi connectivity index (χ0n) is 15.6. The van der Waals surface area contributed by atoms with E-state index in [0.29, 0.717) is 17.0 Å². The van der Waals surface area contributed by atoms with Gasteiger partial charge in [-0.1, -0.05) is 0 Å². The summed E-state index contributed by atoms with van der Waals surface area (Å²) in [6, 6.07) is -2.15. The zero-order valence-corrected chi connectivity index (χ0v) is 16.5. The summed E-state index contributed by atoms with van der Waals surface area (Å²) in [7, 11) is 0. The van der Waals surface area contributed by atoms with Crippen LogP contribution in [0.25, 0.3) is 11.2 Å². The molecule has 2 rings (SSSR count). The van der Waals surface area contributed by atoms with Gasteiger partial charge in [0, 0.05) is 12.2 Å². The monoisotopic (exact) mass is 442 g/mol. The summed E-state index contributed by atoms with van der Waals surface area (Å²) in [6.07, 6.45) is 2.69. The molecule has 0 bridgehead atoms. The minimum atomic E-state index is -1.22. The highest BCUT2D eigenvalue weighted by Crippen LogP contribution is 2.09. The smallest absolute Gasteiger partial charge is 0.322 e. The van der Waals surface area contributed by atoms with Crippen molar-refractivity contribution in [1.82, 2.24) is 30.6 Å². The molecule has 2 amide bonds. The predicted molar refractivity (Wildman–Crippen MR) is 107 cm³/mol. The number of aliphatic carboxylic acids is 2. The molecule has 0 radical (unpaired) electrons. The number of carboxylic acids is 2. The molecule has 2 aromatic heterocycles. The number of carboxylic acid groups (broad SMARTS) is 2. The molecule has 2 atom stereocenters. The molecule has 0 aliphatic carbocycles. The maximum absolute atomic E-state index is 11.5. The fourth-order valence-electron chi connectivity index (χ4n) is 1.94. The Balaban J connectivity index is 0.000000367. The van der Waals surface area contributed by atoms with E-state index in [9.17, 15) is 19.2 Å². The molecule has 9 N–H and O–H groups in total. The van der Waals surface area contributed by atoms with Crippen LogP contribution in [0.15, 0.2) is 12.7 Å². The number of hydrogen-bond acceptors (Lipinski definition) is 10. The molecule has 2 unspecified atom stereocenters. The largest absolute Gasteiger partial charge is 0.480 e. The number of carbonyl (C=O) groups is 4. The molecule has 0 saturated heterocycles. The number of H-pyrrole nitrogens is 1. The van der Waals surface area contributed by atoms with Gasteiger partial charge >= 0.3 is 11.9 Å². The van der Waals surface area contributed by atoms with E-state index in [4.69, 9.17) is 21.7 Å². The summed E-state index contributed by atoms with van der Waals surface area (Å²) >= 11 is 3.87. The van der Waals surface area contributed by atoms with Gasteiger partial charge in [-0.15, -0.1) is 0 Å². The number of carbonyl (C=O) groups excluding carboxylic acids is 2. The third-order valence-corrected chi connectivity index (χ3v) is 3.87. The average molecular weight is 442 g/mol. The lowest BCUT2D eigenvalue weighted by Gasteiger charge is -2.16. The van der Waals surface area contributed by atoms with Crippen molar-refractivity contribution in [2.75, 3.05) is 18.0 Å². The van der Waals surface area contributed by atoms with Gasteiger partial charge < -0.3 is 37.3 Å². The minimum Gasteiger partial charge on any atom is -0.480 e.